The molecule has 0 bridgehead atoms. The van der Waals surface area contributed by atoms with Gasteiger partial charge in [0, 0.05) is 21.5 Å². The summed E-state index contributed by atoms with van der Waals surface area (Å²) in [6.45, 7) is 1.53. The van der Waals surface area contributed by atoms with E-state index in [0.717, 1.165) is 24.3 Å². The molecule has 0 atom stereocenters. The maximum absolute atomic E-state index is 13.3. The van der Waals surface area contributed by atoms with Gasteiger partial charge in [0.1, 0.15) is 5.75 Å². The van der Waals surface area contributed by atoms with Crippen LogP contribution in [0, 0.1) is 6.92 Å². The zero-order valence-electron chi connectivity index (χ0n) is 17.0. The fraction of sp³-hybridized carbons (Fsp3) is 0.238. The first-order chi connectivity index (χ1) is 15.3. The molecule has 1 heterocycles. The zero-order chi connectivity index (χ0) is 24.7. The van der Waals surface area contributed by atoms with E-state index in [2.05, 4.69) is 0 Å². The van der Waals surface area contributed by atoms with E-state index < -0.39 is 41.5 Å². The Hall–Kier alpha value is -2.79. The number of carbonyl (C=O) groups is 2. The number of alkyl halides is 5. The van der Waals surface area contributed by atoms with Gasteiger partial charge in [-0.25, -0.2) is 0 Å². The highest BCUT2D eigenvalue weighted by molar-refractivity contribution is 8.00. The van der Waals surface area contributed by atoms with Crippen LogP contribution in [0.3, 0.4) is 0 Å². The molecule has 1 N–H and O–H groups in total. The lowest BCUT2D eigenvalue weighted by Crippen LogP contribution is -2.32. The number of nitrogens with zero attached hydrogens (tertiary/aromatic N) is 1. The van der Waals surface area contributed by atoms with E-state index >= 15 is 0 Å². The number of carboxylic acids is 1. The molecule has 12 heteroatoms. The van der Waals surface area contributed by atoms with Gasteiger partial charge in [0.25, 0.3) is 5.91 Å². The van der Waals surface area contributed by atoms with Crippen molar-refractivity contribution in [2.75, 3.05) is 7.11 Å². The fourth-order valence-corrected chi connectivity index (χ4v) is 4.19. The maximum Gasteiger partial charge on any atom is 0.464 e. The van der Waals surface area contributed by atoms with Gasteiger partial charge in [-0.05, 0) is 60.6 Å². The van der Waals surface area contributed by atoms with Crippen LogP contribution in [0.2, 0.25) is 5.02 Å². The molecule has 2 aromatic carbocycles. The minimum absolute atomic E-state index is 0.0107. The Labute approximate surface area is 193 Å². The zero-order valence-corrected chi connectivity index (χ0v) is 18.5. The molecule has 0 fully saturated rings. The van der Waals surface area contributed by atoms with Crippen LogP contribution in [0.4, 0.5) is 22.0 Å². The van der Waals surface area contributed by atoms with Gasteiger partial charge < -0.3 is 9.84 Å². The number of hydrogen-bond donors (Lipinski definition) is 1. The second-order valence-corrected chi connectivity index (χ2v) is 8.52. The standard InChI is InChI=1S/C21H15ClF5NO4S/c1-10-13(8-18(29)30)14-7-17(32-2)15(22)9-16(14)28(10)19(31)11-3-5-12(6-4-11)33-21(26,27)20(23,24)25/h3-7,9H,8H2,1-2H3,(H,29,30). The topological polar surface area (TPSA) is 68.5 Å². The Kier molecular flexibility index (Phi) is 6.67. The molecule has 3 rings (SSSR count). The van der Waals surface area contributed by atoms with Gasteiger partial charge in [-0.3, -0.25) is 14.2 Å². The smallest absolute Gasteiger partial charge is 0.464 e. The Balaban J connectivity index is 2.06. The molecule has 176 valence electrons. The first-order valence-corrected chi connectivity index (χ1v) is 10.3. The van der Waals surface area contributed by atoms with Gasteiger partial charge in [0.05, 0.1) is 24.1 Å². The minimum atomic E-state index is -5.73. The number of rotatable bonds is 6. The van der Waals surface area contributed by atoms with Gasteiger partial charge in [-0.1, -0.05) is 11.6 Å². The second-order valence-electron chi connectivity index (χ2n) is 6.92. The number of thioether (sulfide) groups is 1. The van der Waals surface area contributed by atoms with Crippen LogP contribution in [0.25, 0.3) is 10.9 Å². The van der Waals surface area contributed by atoms with Gasteiger partial charge in [-0.2, -0.15) is 22.0 Å². The van der Waals surface area contributed by atoms with E-state index in [4.69, 9.17) is 16.3 Å². The number of benzene rings is 2. The molecule has 5 nitrogen and oxygen atoms in total. The third-order valence-electron chi connectivity index (χ3n) is 4.82. The number of ether oxygens (including phenoxy) is 1. The van der Waals surface area contributed by atoms with Gasteiger partial charge in [0.2, 0.25) is 0 Å². The molecule has 0 spiro atoms. The predicted octanol–water partition coefficient (Wildman–Crippen LogP) is 6.17. The van der Waals surface area contributed by atoms with Crippen molar-refractivity contribution >= 4 is 46.1 Å². The Morgan fingerprint density at radius 1 is 1.12 bits per heavy atom. The van der Waals surface area contributed by atoms with Crippen LogP contribution >= 0.6 is 23.4 Å². The molecule has 0 saturated heterocycles. The van der Waals surface area contributed by atoms with E-state index in [1.54, 1.807) is 0 Å². The summed E-state index contributed by atoms with van der Waals surface area (Å²) in [6.07, 6.45) is -6.12. The van der Waals surface area contributed by atoms with Crippen molar-refractivity contribution in [3.05, 3.63) is 58.2 Å². The number of hydrogen-bond acceptors (Lipinski definition) is 4. The number of carboxylic acid groups (broad SMARTS) is 1. The number of halogens is 6. The summed E-state index contributed by atoms with van der Waals surface area (Å²) in [4.78, 5) is 24.2. The normalized spacial score (nSPS) is 12.2. The third-order valence-corrected chi connectivity index (χ3v) is 6.11. The monoisotopic (exact) mass is 507 g/mol. The number of fused-ring (bicyclic) bond motifs is 1. The second kappa shape index (κ2) is 8.86. The highest BCUT2D eigenvalue weighted by Gasteiger charge is 2.58. The fourth-order valence-electron chi connectivity index (χ4n) is 3.27. The summed E-state index contributed by atoms with van der Waals surface area (Å²) in [7, 11) is 1.38. The lowest BCUT2D eigenvalue weighted by atomic mass is 10.1. The van der Waals surface area contributed by atoms with E-state index in [0.29, 0.717) is 22.2 Å². The van der Waals surface area contributed by atoms with Crippen molar-refractivity contribution in [3.63, 3.8) is 0 Å². The number of aliphatic carboxylic acids is 1. The van der Waals surface area contributed by atoms with Gasteiger partial charge in [0.15, 0.2) is 0 Å². The molecule has 1 aromatic heterocycles. The van der Waals surface area contributed by atoms with Crippen molar-refractivity contribution in [1.29, 1.82) is 0 Å². The Bertz CT molecular complexity index is 1240. The quantitative estimate of drug-likeness (QED) is 0.319. The predicted molar refractivity (Wildman–Crippen MR) is 113 cm³/mol. The molecule has 0 unspecified atom stereocenters. The largest absolute Gasteiger partial charge is 0.495 e. The van der Waals surface area contributed by atoms with Crippen molar-refractivity contribution in [2.24, 2.45) is 0 Å². The van der Waals surface area contributed by atoms with Crippen molar-refractivity contribution < 1.29 is 41.4 Å². The van der Waals surface area contributed by atoms with Crippen LogP contribution in [0.1, 0.15) is 21.6 Å². The van der Waals surface area contributed by atoms with E-state index in [-0.39, 0.29) is 21.2 Å². The van der Waals surface area contributed by atoms with Crippen LogP contribution in [0.5, 0.6) is 5.75 Å². The minimum Gasteiger partial charge on any atom is -0.495 e. The highest BCUT2D eigenvalue weighted by Crippen LogP contribution is 2.47. The molecule has 33 heavy (non-hydrogen) atoms. The molecule has 0 radical (unpaired) electrons. The van der Waals surface area contributed by atoms with Crippen LogP contribution in [-0.2, 0) is 11.2 Å². The molecule has 3 aromatic rings. The number of aromatic nitrogens is 1. The third kappa shape index (κ3) is 4.79. The summed E-state index contributed by atoms with van der Waals surface area (Å²) in [5, 5.41) is 4.87. The highest BCUT2D eigenvalue weighted by atomic mass is 35.5. The van der Waals surface area contributed by atoms with Gasteiger partial charge in [-0.15, -0.1) is 0 Å². The average molecular weight is 508 g/mol. The number of methoxy groups -OCH3 is 1. The van der Waals surface area contributed by atoms with Crippen molar-refractivity contribution in [1.82, 2.24) is 4.57 Å². The van der Waals surface area contributed by atoms with E-state index in [1.807, 2.05) is 0 Å². The average Bonchev–Trinajstić information content (AvgIpc) is 2.96. The lowest BCUT2D eigenvalue weighted by molar-refractivity contribution is -0.237. The summed E-state index contributed by atoms with van der Waals surface area (Å²) in [5.74, 6) is -1.51. The molecule has 0 aliphatic rings. The Morgan fingerprint density at radius 2 is 1.73 bits per heavy atom. The van der Waals surface area contributed by atoms with Crippen molar-refractivity contribution in [3.8, 4) is 5.75 Å². The molecular weight excluding hydrogens is 493 g/mol. The molecule has 0 amide bonds. The van der Waals surface area contributed by atoms with E-state index in [1.165, 1.54) is 30.7 Å². The SMILES string of the molecule is COc1cc2c(CC(=O)O)c(C)n(C(=O)c3ccc(SC(F)(F)C(F)(F)F)cc3)c2cc1Cl. The molecular formula is C21H15ClF5NO4S. The van der Waals surface area contributed by atoms with Gasteiger partial charge >= 0.3 is 17.4 Å². The first kappa shape index (κ1) is 24.8. The molecule has 0 aliphatic carbocycles. The summed E-state index contributed by atoms with van der Waals surface area (Å²) in [6, 6.07) is 7.13. The number of carbonyl (C=O) groups excluding carboxylic acids is 1. The summed E-state index contributed by atoms with van der Waals surface area (Å²) >= 11 is 5.50. The van der Waals surface area contributed by atoms with Crippen LogP contribution in [0.15, 0.2) is 41.3 Å². The molecule has 0 aliphatic heterocycles. The van der Waals surface area contributed by atoms with Crippen LogP contribution in [-0.4, -0.2) is 40.1 Å². The van der Waals surface area contributed by atoms with Crippen LogP contribution < -0.4 is 4.74 Å². The first-order valence-electron chi connectivity index (χ1n) is 9.14. The summed E-state index contributed by atoms with van der Waals surface area (Å²) in [5.41, 5.74) is 0.937. The van der Waals surface area contributed by atoms with Crippen molar-refractivity contribution in [2.45, 2.75) is 29.7 Å². The molecule has 0 saturated carbocycles. The lowest BCUT2D eigenvalue weighted by Gasteiger charge is -2.18. The summed E-state index contributed by atoms with van der Waals surface area (Å²) < 4.78 is 70.2. The van der Waals surface area contributed by atoms with E-state index in [9.17, 15) is 36.6 Å². The Morgan fingerprint density at radius 3 is 2.24 bits per heavy atom. The maximum atomic E-state index is 13.3.